The van der Waals surface area contributed by atoms with Crippen molar-refractivity contribution in [3.63, 3.8) is 0 Å². The van der Waals surface area contributed by atoms with E-state index in [9.17, 15) is 9.59 Å². The number of quaternary nitrogens is 1. The van der Waals surface area contributed by atoms with Crippen molar-refractivity contribution in [3.8, 4) is 0 Å². The van der Waals surface area contributed by atoms with Gasteiger partial charge in [0.2, 0.25) is 5.91 Å². The summed E-state index contributed by atoms with van der Waals surface area (Å²) in [4.78, 5) is 27.9. The fourth-order valence-corrected chi connectivity index (χ4v) is 3.92. The summed E-state index contributed by atoms with van der Waals surface area (Å²) >= 11 is 0. The van der Waals surface area contributed by atoms with Gasteiger partial charge in [-0.3, -0.25) is 9.59 Å². The van der Waals surface area contributed by atoms with Crippen LogP contribution in [0, 0.1) is 0 Å². The molecule has 3 aromatic rings. The van der Waals surface area contributed by atoms with E-state index in [4.69, 9.17) is 0 Å². The summed E-state index contributed by atoms with van der Waals surface area (Å²) in [5, 5.41) is 5.31. The van der Waals surface area contributed by atoms with Gasteiger partial charge in [-0.1, -0.05) is 60.7 Å². The Kier molecular flexibility index (Phi) is 5.86. The van der Waals surface area contributed by atoms with Gasteiger partial charge in [-0.05, 0) is 22.9 Å². The van der Waals surface area contributed by atoms with Crippen LogP contribution < -0.4 is 10.2 Å². The van der Waals surface area contributed by atoms with Gasteiger partial charge >= 0.3 is 0 Å². The average molecular weight is 388 g/mol. The molecule has 0 unspecified atom stereocenters. The second kappa shape index (κ2) is 8.88. The lowest BCUT2D eigenvalue weighted by Crippen LogP contribution is -3.13. The van der Waals surface area contributed by atoms with Gasteiger partial charge in [0.05, 0.1) is 32.7 Å². The van der Waals surface area contributed by atoms with Gasteiger partial charge in [0.1, 0.15) is 6.54 Å². The predicted molar refractivity (Wildman–Crippen MR) is 114 cm³/mol. The maximum absolute atomic E-state index is 12.5. The summed E-state index contributed by atoms with van der Waals surface area (Å²) < 4.78 is 0. The zero-order valence-electron chi connectivity index (χ0n) is 16.4. The summed E-state index contributed by atoms with van der Waals surface area (Å²) in [5.41, 5.74) is 1.93. The minimum atomic E-state index is -0.209. The van der Waals surface area contributed by atoms with Crippen LogP contribution in [0.1, 0.15) is 15.9 Å². The molecule has 1 heterocycles. The van der Waals surface area contributed by atoms with E-state index in [1.54, 1.807) is 12.1 Å². The van der Waals surface area contributed by atoms with E-state index >= 15 is 0 Å². The molecule has 0 bridgehead atoms. The second-order valence-corrected chi connectivity index (χ2v) is 7.49. The van der Waals surface area contributed by atoms with Crippen LogP contribution in [0.15, 0.2) is 72.8 Å². The molecule has 2 amide bonds. The Bertz CT molecular complexity index is 990. The van der Waals surface area contributed by atoms with Crippen molar-refractivity contribution in [2.75, 3.05) is 32.7 Å². The standard InChI is InChI=1S/C24H25N3O2/c28-23(17-25-24(29)20-8-2-1-3-9-20)27-15-13-26(14-16-27)18-21-11-6-10-19-7-4-5-12-22(19)21/h1-12H,13-18H2,(H,25,29)/p+1. The number of hydrogen-bond acceptors (Lipinski definition) is 2. The first-order chi connectivity index (χ1) is 14.2. The Labute approximate surface area is 170 Å². The van der Waals surface area contributed by atoms with Gasteiger partial charge in [-0.15, -0.1) is 0 Å². The first kappa shape index (κ1) is 19.2. The van der Waals surface area contributed by atoms with E-state index in [2.05, 4.69) is 47.8 Å². The number of rotatable bonds is 5. The van der Waals surface area contributed by atoms with Crippen LogP contribution in [0.25, 0.3) is 10.8 Å². The Balaban J connectivity index is 1.28. The van der Waals surface area contributed by atoms with Crippen molar-refractivity contribution in [2.24, 2.45) is 0 Å². The first-order valence-corrected chi connectivity index (χ1v) is 10.1. The molecule has 2 N–H and O–H groups in total. The molecular formula is C24H26N3O2+. The van der Waals surface area contributed by atoms with Crippen molar-refractivity contribution < 1.29 is 14.5 Å². The maximum Gasteiger partial charge on any atom is 0.251 e. The average Bonchev–Trinajstić information content (AvgIpc) is 2.78. The van der Waals surface area contributed by atoms with Crippen LogP contribution in [-0.4, -0.2) is 49.4 Å². The van der Waals surface area contributed by atoms with Gasteiger partial charge in [-0.2, -0.15) is 0 Å². The van der Waals surface area contributed by atoms with Crippen molar-refractivity contribution in [1.82, 2.24) is 10.2 Å². The molecule has 4 rings (SSSR count). The molecule has 1 saturated heterocycles. The molecule has 5 nitrogen and oxygen atoms in total. The van der Waals surface area contributed by atoms with Gasteiger partial charge in [0.25, 0.3) is 5.91 Å². The van der Waals surface area contributed by atoms with Crippen LogP contribution >= 0.6 is 0 Å². The number of nitrogens with zero attached hydrogens (tertiary/aromatic N) is 1. The highest BCUT2D eigenvalue weighted by Crippen LogP contribution is 2.17. The molecule has 0 radical (unpaired) electrons. The predicted octanol–water partition coefficient (Wildman–Crippen LogP) is 1.50. The van der Waals surface area contributed by atoms with E-state index in [0.717, 1.165) is 32.7 Å². The number of carbonyl (C=O) groups is 2. The minimum absolute atomic E-state index is 0.0153. The fourth-order valence-electron chi connectivity index (χ4n) is 3.92. The molecule has 0 aromatic heterocycles. The molecule has 1 aliphatic heterocycles. The van der Waals surface area contributed by atoms with Gasteiger partial charge in [0, 0.05) is 11.1 Å². The van der Waals surface area contributed by atoms with Crippen molar-refractivity contribution in [1.29, 1.82) is 0 Å². The Hall–Kier alpha value is -3.18. The lowest BCUT2D eigenvalue weighted by atomic mass is 10.0. The first-order valence-electron chi connectivity index (χ1n) is 10.1. The minimum Gasteiger partial charge on any atom is -0.343 e. The number of benzene rings is 3. The molecule has 29 heavy (non-hydrogen) atoms. The van der Waals surface area contributed by atoms with E-state index in [0.29, 0.717) is 5.56 Å². The van der Waals surface area contributed by atoms with E-state index < -0.39 is 0 Å². The molecule has 5 heteroatoms. The number of nitrogens with one attached hydrogen (secondary N) is 2. The summed E-state index contributed by atoms with van der Waals surface area (Å²) in [6.07, 6.45) is 0. The molecule has 0 saturated carbocycles. The van der Waals surface area contributed by atoms with Crippen LogP contribution in [-0.2, 0) is 11.3 Å². The van der Waals surface area contributed by atoms with Crippen LogP contribution in [0.4, 0.5) is 0 Å². The number of piperazine rings is 1. The van der Waals surface area contributed by atoms with Crippen LogP contribution in [0.2, 0.25) is 0 Å². The van der Waals surface area contributed by atoms with E-state index in [1.807, 2.05) is 23.1 Å². The molecule has 0 spiro atoms. The third kappa shape index (κ3) is 4.63. The molecular weight excluding hydrogens is 362 g/mol. The molecule has 148 valence electrons. The third-order valence-corrected chi connectivity index (χ3v) is 5.58. The van der Waals surface area contributed by atoms with Gasteiger partial charge in [-0.25, -0.2) is 0 Å². The molecule has 0 atom stereocenters. The van der Waals surface area contributed by atoms with Crippen LogP contribution in [0.3, 0.4) is 0 Å². The topological polar surface area (TPSA) is 53.9 Å². The SMILES string of the molecule is O=C(NCC(=O)N1CC[NH+](Cc2cccc3ccccc23)CC1)c1ccccc1. The van der Waals surface area contributed by atoms with Gasteiger partial charge in [0.15, 0.2) is 0 Å². The quantitative estimate of drug-likeness (QED) is 0.696. The number of amides is 2. The van der Waals surface area contributed by atoms with Crippen molar-refractivity contribution in [3.05, 3.63) is 83.9 Å². The van der Waals surface area contributed by atoms with Gasteiger partial charge < -0.3 is 15.1 Å². The smallest absolute Gasteiger partial charge is 0.251 e. The molecule has 1 aliphatic rings. The normalized spacial score (nSPS) is 14.7. The zero-order valence-corrected chi connectivity index (χ0v) is 16.4. The number of fused-ring (bicyclic) bond motifs is 1. The van der Waals surface area contributed by atoms with E-state index in [-0.39, 0.29) is 18.4 Å². The highest BCUT2D eigenvalue weighted by molar-refractivity contribution is 5.96. The lowest BCUT2D eigenvalue weighted by Gasteiger charge is -2.32. The van der Waals surface area contributed by atoms with Crippen molar-refractivity contribution in [2.45, 2.75) is 6.54 Å². The molecule has 1 fully saturated rings. The largest absolute Gasteiger partial charge is 0.343 e. The molecule has 0 aliphatic carbocycles. The summed E-state index contributed by atoms with van der Waals surface area (Å²) in [6.45, 7) is 4.30. The lowest BCUT2D eigenvalue weighted by molar-refractivity contribution is -0.917. The summed E-state index contributed by atoms with van der Waals surface area (Å²) in [7, 11) is 0. The Morgan fingerprint density at radius 3 is 2.34 bits per heavy atom. The monoisotopic (exact) mass is 388 g/mol. The van der Waals surface area contributed by atoms with Crippen molar-refractivity contribution >= 4 is 22.6 Å². The van der Waals surface area contributed by atoms with Crippen LogP contribution in [0.5, 0.6) is 0 Å². The fraction of sp³-hybridized carbons (Fsp3) is 0.250. The highest BCUT2D eigenvalue weighted by Gasteiger charge is 2.24. The highest BCUT2D eigenvalue weighted by atomic mass is 16.2. The number of hydrogen-bond donors (Lipinski definition) is 2. The third-order valence-electron chi connectivity index (χ3n) is 5.58. The molecule has 3 aromatic carbocycles. The van der Waals surface area contributed by atoms with E-state index in [1.165, 1.54) is 21.2 Å². The number of carbonyl (C=O) groups excluding carboxylic acids is 2. The maximum atomic E-state index is 12.5. The summed E-state index contributed by atoms with van der Waals surface area (Å²) in [6, 6.07) is 23.9. The Morgan fingerprint density at radius 2 is 1.55 bits per heavy atom. The summed E-state index contributed by atoms with van der Waals surface area (Å²) in [5.74, 6) is -0.224. The zero-order chi connectivity index (χ0) is 20.1. The second-order valence-electron chi connectivity index (χ2n) is 7.49. The Morgan fingerprint density at radius 1 is 0.862 bits per heavy atom.